The number of hydrogen-bond donors (Lipinski definition) is 2. The summed E-state index contributed by atoms with van der Waals surface area (Å²) in [4.78, 5) is 0. The fourth-order valence-corrected chi connectivity index (χ4v) is 2.41. The van der Waals surface area contributed by atoms with E-state index in [1.807, 2.05) is 12.1 Å². The number of aromatic amines is 1. The van der Waals surface area contributed by atoms with Gasteiger partial charge in [0.1, 0.15) is 12.4 Å². The molecule has 0 atom stereocenters. The van der Waals surface area contributed by atoms with E-state index in [0.29, 0.717) is 40.1 Å². The van der Waals surface area contributed by atoms with Crippen LogP contribution in [0.15, 0.2) is 36.4 Å². The molecule has 130 valence electrons. The van der Waals surface area contributed by atoms with Gasteiger partial charge < -0.3 is 14.8 Å². The third-order valence-corrected chi connectivity index (χ3v) is 3.76. The van der Waals surface area contributed by atoms with Crippen molar-refractivity contribution in [2.24, 2.45) is 0 Å². The van der Waals surface area contributed by atoms with Crippen LogP contribution < -0.4 is 14.8 Å². The van der Waals surface area contributed by atoms with E-state index >= 15 is 0 Å². The zero-order valence-corrected chi connectivity index (χ0v) is 14.0. The van der Waals surface area contributed by atoms with Gasteiger partial charge in [-0.05, 0) is 24.3 Å². The van der Waals surface area contributed by atoms with Gasteiger partial charge in [-0.15, -0.1) is 10.2 Å². The van der Waals surface area contributed by atoms with Crippen LogP contribution >= 0.6 is 11.6 Å². The number of hydrogen-bond acceptors (Lipinski definition) is 6. The Kier molecular flexibility index (Phi) is 5.30. The molecule has 0 saturated heterocycles. The molecule has 7 nitrogen and oxygen atoms in total. The summed E-state index contributed by atoms with van der Waals surface area (Å²) < 4.78 is 24.4. The summed E-state index contributed by atoms with van der Waals surface area (Å²) in [5, 5.41) is 17.1. The first kappa shape index (κ1) is 17.0. The number of aromatic nitrogens is 4. The highest BCUT2D eigenvalue weighted by Gasteiger charge is 2.13. The summed E-state index contributed by atoms with van der Waals surface area (Å²) in [5.41, 5.74) is 1.36. The molecule has 0 amide bonds. The zero-order valence-electron chi connectivity index (χ0n) is 13.3. The third-order valence-electron chi connectivity index (χ3n) is 3.41. The van der Waals surface area contributed by atoms with Crippen molar-refractivity contribution in [2.45, 2.75) is 13.2 Å². The summed E-state index contributed by atoms with van der Waals surface area (Å²) in [6.45, 7) is 0.522. The smallest absolute Gasteiger partial charge is 0.193 e. The predicted octanol–water partition coefficient (Wildman–Crippen LogP) is 3.19. The van der Waals surface area contributed by atoms with Crippen molar-refractivity contribution in [3.8, 4) is 11.5 Å². The summed E-state index contributed by atoms with van der Waals surface area (Å²) >= 11 is 6.04. The second-order valence-electron chi connectivity index (χ2n) is 5.04. The van der Waals surface area contributed by atoms with E-state index in [1.165, 1.54) is 12.1 Å². The van der Waals surface area contributed by atoms with E-state index in [2.05, 4.69) is 25.9 Å². The summed E-state index contributed by atoms with van der Waals surface area (Å²) in [6, 6.07) is 9.61. The number of H-pyrrole nitrogens is 1. The maximum Gasteiger partial charge on any atom is 0.193 e. The Morgan fingerprint density at radius 1 is 1.28 bits per heavy atom. The number of ether oxygens (including phenoxy) is 2. The van der Waals surface area contributed by atoms with E-state index < -0.39 is 5.82 Å². The van der Waals surface area contributed by atoms with Crippen molar-refractivity contribution in [2.75, 3.05) is 12.4 Å². The lowest BCUT2D eigenvalue weighted by Gasteiger charge is -2.16. The second-order valence-corrected chi connectivity index (χ2v) is 5.45. The number of halogens is 2. The van der Waals surface area contributed by atoms with Crippen molar-refractivity contribution in [1.29, 1.82) is 0 Å². The highest BCUT2D eigenvalue weighted by atomic mass is 35.5. The quantitative estimate of drug-likeness (QED) is 0.670. The Morgan fingerprint density at radius 2 is 2.16 bits per heavy atom. The average Bonchev–Trinajstić information content (AvgIpc) is 3.13. The van der Waals surface area contributed by atoms with Gasteiger partial charge in [-0.1, -0.05) is 28.9 Å². The Bertz CT molecular complexity index is 845. The molecule has 25 heavy (non-hydrogen) atoms. The SMILES string of the molecule is COc1cccc(NCc2nn[nH]n2)c1OCc1ccc(F)cc1Cl. The van der Waals surface area contributed by atoms with Crippen molar-refractivity contribution in [3.63, 3.8) is 0 Å². The monoisotopic (exact) mass is 363 g/mol. The van der Waals surface area contributed by atoms with Gasteiger partial charge in [0.05, 0.1) is 24.4 Å². The molecule has 3 rings (SSSR count). The first-order valence-electron chi connectivity index (χ1n) is 7.37. The van der Waals surface area contributed by atoms with E-state index in [-0.39, 0.29) is 6.61 Å². The molecule has 3 aromatic rings. The number of anilines is 1. The third kappa shape index (κ3) is 4.16. The number of para-hydroxylation sites is 1. The summed E-state index contributed by atoms with van der Waals surface area (Å²) in [5.74, 6) is 1.18. The summed E-state index contributed by atoms with van der Waals surface area (Å²) in [7, 11) is 1.55. The first-order chi connectivity index (χ1) is 12.2. The molecule has 0 radical (unpaired) electrons. The molecular weight excluding hydrogens is 349 g/mol. The maximum atomic E-state index is 13.2. The van der Waals surface area contributed by atoms with Crippen molar-refractivity contribution < 1.29 is 13.9 Å². The van der Waals surface area contributed by atoms with Crippen molar-refractivity contribution >= 4 is 17.3 Å². The molecule has 0 unspecified atom stereocenters. The molecule has 2 N–H and O–H groups in total. The Labute approximate surface area is 148 Å². The van der Waals surface area contributed by atoms with E-state index in [0.717, 1.165) is 0 Å². The van der Waals surface area contributed by atoms with Crippen molar-refractivity contribution in [1.82, 2.24) is 20.6 Å². The Morgan fingerprint density at radius 3 is 2.88 bits per heavy atom. The highest BCUT2D eigenvalue weighted by Crippen LogP contribution is 2.36. The fourth-order valence-electron chi connectivity index (χ4n) is 2.19. The van der Waals surface area contributed by atoms with Crippen LogP contribution in [-0.2, 0) is 13.2 Å². The lowest BCUT2D eigenvalue weighted by Crippen LogP contribution is -2.06. The predicted molar refractivity (Wildman–Crippen MR) is 90.2 cm³/mol. The van der Waals surface area contributed by atoms with E-state index in [9.17, 15) is 4.39 Å². The number of benzene rings is 2. The minimum atomic E-state index is -0.395. The average molecular weight is 364 g/mol. The summed E-state index contributed by atoms with van der Waals surface area (Å²) in [6.07, 6.45) is 0. The topological polar surface area (TPSA) is 85.0 Å². The number of nitrogens with zero attached hydrogens (tertiary/aromatic N) is 3. The van der Waals surface area contributed by atoms with Gasteiger partial charge in [0.15, 0.2) is 17.3 Å². The van der Waals surface area contributed by atoms with Crippen LogP contribution in [0.4, 0.5) is 10.1 Å². The minimum absolute atomic E-state index is 0.163. The number of methoxy groups -OCH3 is 1. The maximum absolute atomic E-state index is 13.2. The van der Waals surface area contributed by atoms with Gasteiger partial charge in [-0.3, -0.25) is 0 Å². The van der Waals surface area contributed by atoms with Crippen LogP contribution in [-0.4, -0.2) is 27.7 Å². The molecule has 0 bridgehead atoms. The normalized spacial score (nSPS) is 10.5. The number of rotatable bonds is 7. The van der Waals surface area contributed by atoms with E-state index in [4.69, 9.17) is 21.1 Å². The minimum Gasteiger partial charge on any atom is -0.493 e. The Hall–Kier alpha value is -2.87. The van der Waals surface area contributed by atoms with Crippen molar-refractivity contribution in [3.05, 3.63) is 58.6 Å². The van der Waals surface area contributed by atoms with E-state index in [1.54, 1.807) is 19.2 Å². The number of tetrazole rings is 1. The zero-order chi connectivity index (χ0) is 17.6. The molecular formula is C16H15ClFN5O2. The van der Waals surface area contributed by atoms with Crippen LogP contribution in [0.5, 0.6) is 11.5 Å². The molecule has 2 aromatic carbocycles. The standard InChI is InChI=1S/C16H15ClFN5O2/c1-24-14-4-2-3-13(19-8-15-20-22-23-21-15)16(14)25-9-10-5-6-11(18)7-12(10)17/h2-7,19H,8-9H2,1H3,(H,20,21,22,23). The lowest BCUT2D eigenvalue weighted by atomic mass is 10.2. The molecule has 0 saturated carbocycles. The molecule has 0 aliphatic heterocycles. The van der Waals surface area contributed by atoms with Gasteiger partial charge in [0.25, 0.3) is 0 Å². The molecule has 0 aliphatic rings. The molecule has 0 fully saturated rings. The molecule has 9 heteroatoms. The highest BCUT2D eigenvalue weighted by molar-refractivity contribution is 6.31. The van der Waals surface area contributed by atoms with Gasteiger partial charge in [-0.2, -0.15) is 5.21 Å². The molecule has 0 spiro atoms. The van der Waals surface area contributed by atoms with Gasteiger partial charge in [0.2, 0.25) is 0 Å². The van der Waals surface area contributed by atoms with Crippen LogP contribution in [0.25, 0.3) is 0 Å². The lowest BCUT2D eigenvalue weighted by molar-refractivity contribution is 0.286. The second kappa shape index (κ2) is 7.80. The largest absolute Gasteiger partial charge is 0.493 e. The first-order valence-corrected chi connectivity index (χ1v) is 7.75. The van der Waals surface area contributed by atoms with Crippen LogP contribution in [0.2, 0.25) is 5.02 Å². The molecule has 0 aliphatic carbocycles. The van der Waals surface area contributed by atoms with Crippen LogP contribution in [0.1, 0.15) is 11.4 Å². The molecule has 1 heterocycles. The Balaban J connectivity index is 1.78. The van der Waals surface area contributed by atoms with Gasteiger partial charge >= 0.3 is 0 Å². The van der Waals surface area contributed by atoms with Crippen LogP contribution in [0.3, 0.4) is 0 Å². The van der Waals surface area contributed by atoms with Gasteiger partial charge in [-0.25, -0.2) is 4.39 Å². The van der Waals surface area contributed by atoms with Gasteiger partial charge in [0, 0.05) is 5.56 Å². The molecule has 1 aromatic heterocycles. The fraction of sp³-hybridized carbons (Fsp3) is 0.188. The number of nitrogens with one attached hydrogen (secondary N) is 2. The van der Waals surface area contributed by atoms with Crippen LogP contribution in [0, 0.1) is 5.82 Å².